The predicted octanol–water partition coefficient (Wildman–Crippen LogP) is 0.918. The fourth-order valence-corrected chi connectivity index (χ4v) is 1.52. The Morgan fingerprint density at radius 1 is 1.69 bits per heavy atom. The zero-order valence-electron chi connectivity index (χ0n) is 7.57. The molecule has 13 heavy (non-hydrogen) atoms. The summed E-state index contributed by atoms with van der Waals surface area (Å²) in [6.07, 6.45) is 0. The third-order valence-corrected chi connectivity index (χ3v) is 2.29. The number of fused-ring (bicyclic) bond motifs is 1. The maximum atomic E-state index is 11.5. The van der Waals surface area contributed by atoms with Crippen LogP contribution in [0, 0.1) is 5.92 Å². The number of carbonyl (C=O) groups excluding carboxylic acids is 2. The third kappa shape index (κ3) is 1.09. The molecule has 0 aromatic carbocycles. The second-order valence-corrected chi connectivity index (χ2v) is 3.42. The molecule has 2 heterocycles. The van der Waals surface area contributed by atoms with E-state index in [1.165, 1.54) is 6.92 Å². The van der Waals surface area contributed by atoms with Crippen LogP contribution >= 0.6 is 0 Å². The van der Waals surface area contributed by atoms with Gasteiger partial charge in [-0.15, -0.1) is 0 Å². The van der Waals surface area contributed by atoms with Crippen molar-refractivity contribution in [3.05, 3.63) is 17.5 Å². The normalized spacial score (nSPS) is 20.5. The molecule has 0 N–H and O–H groups in total. The zero-order chi connectivity index (χ0) is 9.59. The number of carbonyl (C=O) groups is 2. The zero-order valence-corrected chi connectivity index (χ0v) is 7.57. The summed E-state index contributed by atoms with van der Waals surface area (Å²) in [5.41, 5.74) is 0.952. The molecule has 1 atom stereocenters. The van der Waals surface area contributed by atoms with Gasteiger partial charge in [0.1, 0.15) is 11.4 Å². The molecular formula is C9H10N2O2. The molecule has 1 unspecified atom stereocenters. The fourth-order valence-electron chi connectivity index (χ4n) is 1.52. The number of nitrogens with zero attached hydrogens (tertiary/aromatic N) is 2. The monoisotopic (exact) mass is 178 g/mol. The maximum Gasteiger partial charge on any atom is 0.185 e. The van der Waals surface area contributed by atoms with Crippen LogP contribution in [-0.4, -0.2) is 21.3 Å². The van der Waals surface area contributed by atoms with E-state index in [1.54, 1.807) is 10.7 Å². The van der Waals surface area contributed by atoms with Crippen LogP contribution in [0.4, 0.5) is 0 Å². The van der Waals surface area contributed by atoms with E-state index >= 15 is 0 Å². The molecule has 1 aliphatic rings. The molecule has 1 aromatic heterocycles. The lowest BCUT2D eigenvalue weighted by molar-refractivity contribution is 0.0946. The summed E-state index contributed by atoms with van der Waals surface area (Å²) in [6, 6.07) is 1.58. The van der Waals surface area contributed by atoms with Crippen molar-refractivity contribution in [2.45, 2.75) is 20.4 Å². The van der Waals surface area contributed by atoms with Crippen molar-refractivity contribution in [2.75, 3.05) is 0 Å². The minimum absolute atomic E-state index is 0.00325. The molecule has 0 aliphatic carbocycles. The predicted molar refractivity (Wildman–Crippen MR) is 45.7 cm³/mol. The Labute approximate surface area is 75.5 Å². The van der Waals surface area contributed by atoms with Crippen molar-refractivity contribution in [3.8, 4) is 0 Å². The number of aromatic nitrogens is 2. The molecule has 0 fully saturated rings. The number of hydrogen-bond donors (Lipinski definition) is 0. The summed E-state index contributed by atoms with van der Waals surface area (Å²) in [5.74, 6) is -0.00846. The molecule has 0 radical (unpaired) electrons. The first kappa shape index (κ1) is 8.16. The van der Waals surface area contributed by atoms with E-state index < -0.39 is 0 Å². The van der Waals surface area contributed by atoms with Gasteiger partial charge in [0.15, 0.2) is 11.6 Å². The van der Waals surface area contributed by atoms with Gasteiger partial charge in [0.05, 0.1) is 6.54 Å². The fraction of sp³-hybridized carbons (Fsp3) is 0.444. The van der Waals surface area contributed by atoms with Crippen LogP contribution in [-0.2, 0) is 6.54 Å². The summed E-state index contributed by atoms with van der Waals surface area (Å²) in [4.78, 5) is 22.4. The van der Waals surface area contributed by atoms with Gasteiger partial charge in [-0.25, -0.2) is 0 Å². The first-order valence-electron chi connectivity index (χ1n) is 4.22. The van der Waals surface area contributed by atoms with Crippen LogP contribution in [0.25, 0.3) is 0 Å². The van der Waals surface area contributed by atoms with E-state index in [4.69, 9.17) is 0 Å². The minimum atomic E-state index is -0.0950. The molecular weight excluding hydrogens is 168 g/mol. The van der Waals surface area contributed by atoms with Gasteiger partial charge in [-0.3, -0.25) is 14.3 Å². The molecule has 1 aliphatic heterocycles. The average Bonchev–Trinajstić information content (AvgIpc) is 2.55. The van der Waals surface area contributed by atoms with Crippen molar-refractivity contribution >= 4 is 11.6 Å². The highest BCUT2D eigenvalue weighted by molar-refractivity contribution is 6.01. The smallest absolute Gasteiger partial charge is 0.185 e. The van der Waals surface area contributed by atoms with Crippen molar-refractivity contribution in [1.82, 2.24) is 9.78 Å². The summed E-state index contributed by atoms with van der Waals surface area (Å²) < 4.78 is 1.61. The lowest BCUT2D eigenvalue weighted by atomic mass is 10.1. The van der Waals surface area contributed by atoms with Gasteiger partial charge < -0.3 is 0 Å². The Hall–Kier alpha value is -1.45. The van der Waals surface area contributed by atoms with Crippen molar-refractivity contribution in [1.29, 1.82) is 0 Å². The molecule has 0 amide bonds. The first-order chi connectivity index (χ1) is 6.09. The number of ketones is 2. The van der Waals surface area contributed by atoms with Crippen LogP contribution < -0.4 is 0 Å². The quantitative estimate of drug-likeness (QED) is 0.601. The van der Waals surface area contributed by atoms with Gasteiger partial charge in [-0.1, -0.05) is 6.92 Å². The summed E-state index contributed by atoms with van der Waals surface area (Å²) in [5, 5.41) is 4.04. The SMILES string of the molecule is CC(=O)c1cc2n(n1)CC(C)C2=O. The van der Waals surface area contributed by atoms with E-state index in [9.17, 15) is 9.59 Å². The molecule has 4 heteroatoms. The Morgan fingerprint density at radius 2 is 2.38 bits per heavy atom. The van der Waals surface area contributed by atoms with Gasteiger partial charge in [0, 0.05) is 12.8 Å². The van der Waals surface area contributed by atoms with E-state index in [1.807, 2.05) is 6.92 Å². The minimum Gasteiger partial charge on any atom is -0.293 e. The Kier molecular flexibility index (Phi) is 1.58. The highest BCUT2D eigenvalue weighted by Gasteiger charge is 2.29. The van der Waals surface area contributed by atoms with Crippen molar-refractivity contribution in [2.24, 2.45) is 5.92 Å². The second-order valence-electron chi connectivity index (χ2n) is 3.42. The van der Waals surface area contributed by atoms with Crippen LogP contribution in [0.3, 0.4) is 0 Å². The Bertz CT molecular complexity index is 392. The molecule has 0 saturated heterocycles. The molecule has 1 aromatic rings. The topological polar surface area (TPSA) is 52.0 Å². The number of hydrogen-bond acceptors (Lipinski definition) is 3. The van der Waals surface area contributed by atoms with Crippen molar-refractivity contribution in [3.63, 3.8) is 0 Å². The van der Waals surface area contributed by atoms with Gasteiger partial charge in [0.25, 0.3) is 0 Å². The third-order valence-electron chi connectivity index (χ3n) is 2.29. The molecule has 2 rings (SSSR count). The Balaban J connectivity index is 2.46. The van der Waals surface area contributed by atoms with Crippen molar-refractivity contribution < 1.29 is 9.59 Å². The number of Topliss-reactive ketones (excluding diaryl/α,β-unsaturated/α-hetero) is 2. The van der Waals surface area contributed by atoms with Gasteiger partial charge in [-0.05, 0) is 6.07 Å². The van der Waals surface area contributed by atoms with Crippen LogP contribution in [0.2, 0.25) is 0 Å². The summed E-state index contributed by atoms with van der Waals surface area (Å²) in [6.45, 7) is 3.91. The molecule has 0 bridgehead atoms. The van der Waals surface area contributed by atoms with E-state index in [-0.39, 0.29) is 17.5 Å². The van der Waals surface area contributed by atoms with E-state index in [0.29, 0.717) is 17.9 Å². The molecule has 0 spiro atoms. The second kappa shape index (κ2) is 2.52. The van der Waals surface area contributed by atoms with Crippen LogP contribution in [0.5, 0.6) is 0 Å². The lowest BCUT2D eigenvalue weighted by Gasteiger charge is -1.95. The van der Waals surface area contributed by atoms with Gasteiger partial charge in [-0.2, -0.15) is 5.10 Å². The Morgan fingerprint density at radius 3 is 2.92 bits per heavy atom. The van der Waals surface area contributed by atoms with E-state index in [0.717, 1.165) is 0 Å². The summed E-state index contributed by atoms with van der Waals surface area (Å²) >= 11 is 0. The van der Waals surface area contributed by atoms with Gasteiger partial charge >= 0.3 is 0 Å². The molecule has 0 saturated carbocycles. The molecule has 4 nitrogen and oxygen atoms in total. The first-order valence-corrected chi connectivity index (χ1v) is 4.22. The summed E-state index contributed by atoms with van der Waals surface area (Å²) in [7, 11) is 0. The van der Waals surface area contributed by atoms with E-state index in [2.05, 4.69) is 5.10 Å². The standard InChI is InChI=1S/C9H10N2O2/c1-5-4-11-8(9(5)13)3-7(10-11)6(2)12/h3,5H,4H2,1-2H3. The van der Waals surface area contributed by atoms with Crippen LogP contribution in [0.1, 0.15) is 34.8 Å². The maximum absolute atomic E-state index is 11.5. The van der Waals surface area contributed by atoms with Crippen LogP contribution in [0.15, 0.2) is 6.07 Å². The van der Waals surface area contributed by atoms with Gasteiger partial charge in [0.2, 0.25) is 0 Å². The lowest BCUT2D eigenvalue weighted by Crippen LogP contribution is -2.05. The highest BCUT2D eigenvalue weighted by atomic mass is 16.1. The highest BCUT2D eigenvalue weighted by Crippen LogP contribution is 2.20. The largest absolute Gasteiger partial charge is 0.293 e. The number of rotatable bonds is 1. The average molecular weight is 178 g/mol. The molecule has 68 valence electrons.